The number of nitrogens with one attached hydrogen (secondary N) is 3. The monoisotopic (exact) mass is 491 g/mol. The van der Waals surface area contributed by atoms with Crippen LogP contribution in [-0.2, 0) is 17.8 Å². The summed E-state index contributed by atoms with van der Waals surface area (Å²) in [6.07, 6.45) is 1.06. The van der Waals surface area contributed by atoms with Gasteiger partial charge in [-0.2, -0.15) is 0 Å². The number of amides is 1. The van der Waals surface area contributed by atoms with Crippen LogP contribution in [0.3, 0.4) is 0 Å². The van der Waals surface area contributed by atoms with Crippen LogP contribution in [0.4, 0.5) is 10.1 Å². The Labute approximate surface area is 205 Å². The number of H-pyrrole nitrogens is 2. The third-order valence-electron chi connectivity index (χ3n) is 6.72. The Kier molecular flexibility index (Phi) is 6.27. The van der Waals surface area contributed by atoms with Crippen molar-refractivity contribution < 1.29 is 14.3 Å². The summed E-state index contributed by atoms with van der Waals surface area (Å²) in [4.78, 5) is 46.7. The summed E-state index contributed by atoms with van der Waals surface area (Å²) >= 11 is 0. The first-order chi connectivity index (χ1) is 17.3. The van der Waals surface area contributed by atoms with E-state index in [-0.39, 0.29) is 47.8 Å². The molecule has 36 heavy (non-hydrogen) atoms. The van der Waals surface area contributed by atoms with Gasteiger partial charge in [0.25, 0.3) is 5.56 Å². The van der Waals surface area contributed by atoms with Crippen LogP contribution in [0.25, 0.3) is 11.2 Å². The molecule has 0 aliphatic heterocycles. The summed E-state index contributed by atoms with van der Waals surface area (Å²) in [5, 5.41) is 12.1. The van der Waals surface area contributed by atoms with Gasteiger partial charge in [0, 0.05) is 31.7 Å². The summed E-state index contributed by atoms with van der Waals surface area (Å²) in [6, 6.07) is 13.6. The highest BCUT2D eigenvalue weighted by Crippen LogP contribution is 2.39. The molecule has 3 atom stereocenters. The smallest absolute Gasteiger partial charge is 0.330 e. The summed E-state index contributed by atoms with van der Waals surface area (Å²) in [6.45, 7) is 1.81. The number of hydrogen-bond acceptors (Lipinski definition) is 5. The van der Waals surface area contributed by atoms with Gasteiger partial charge in [0.1, 0.15) is 17.2 Å². The number of halogens is 1. The zero-order valence-corrected chi connectivity index (χ0v) is 19.6. The second-order valence-corrected chi connectivity index (χ2v) is 9.28. The van der Waals surface area contributed by atoms with Gasteiger partial charge in [-0.25, -0.2) is 14.2 Å². The highest BCUT2D eigenvalue weighted by Gasteiger charge is 2.37. The molecule has 0 bridgehead atoms. The molecule has 186 valence electrons. The first-order valence-corrected chi connectivity index (χ1v) is 11.8. The standard InChI is InChI=1S/C26H26FN5O4/c1-14(34)28-19-8-6-15(7-9-19)20(11-16-4-2-3-5-21(16)27)23-29-22-24(30-23)32(26(36)31-25(22)35)12-17-10-18(17)13-33/h2-9,17-18,20,33H,10-13H2,1H3,(H,28,34)(H,29,30)(H,31,35,36). The number of aliphatic hydroxyl groups excluding tert-OH is 1. The molecule has 10 heteroatoms. The van der Waals surface area contributed by atoms with E-state index in [4.69, 9.17) is 0 Å². The molecule has 1 fully saturated rings. The largest absolute Gasteiger partial charge is 0.396 e. The zero-order valence-electron chi connectivity index (χ0n) is 19.6. The van der Waals surface area contributed by atoms with Crippen molar-refractivity contribution in [2.75, 3.05) is 11.9 Å². The van der Waals surface area contributed by atoms with Crippen LogP contribution < -0.4 is 16.6 Å². The Balaban J connectivity index is 1.59. The first kappa shape index (κ1) is 23.7. The van der Waals surface area contributed by atoms with Gasteiger partial charge in [-0.3, -0.25) is 19.1 Å². The van der Waals surface area contributed by atoms with Crippen LogP contribution in [0.1, 0.15) is 36.2 Å². The number of nitrogens with zero attached hydrogens (tertiary/aromatic N) is 2. The number of hydrogen-bond donors (Lipinski definition) is 4. The molecule has 1 saturated carbocycles. The third kappa shape index (κ3) is 4.72. The van der Waals surface area contributed by atoms with Crippen LogP contribution in [-0.4, -0.2) is 37.1 Å². The second kappa shape index (κ2) is 9.54. The van der Waals surface area contributed by atoms with Crippen molar-refractivity contribution in [2.24, 2.45) is 11.8 Å². The molecule has 0 radical (unpaired) electrons. The lowest BCUT2D eigenvalue weighted by Gasteiger charge is -2.16. The topological polar surface area (TPSA) is 133 Å². The maximum atomic E-state index is 14.6. The predicted octanol–water partition coefficient (Wildman–Crippen LogP) is 2.51. The van der Waals surface area contributed by atoms with Crippen molar-refractivity contribution in [2.45, 2.75) is 32.2 Å². The molecular formula is C26H26FN5O4. The number of fused-ring (bicyclic) bond motifs is 1. The van der Waals surface area contributed by atoms with Crippen molar-refractivity contribution in [3.8, 4) is 0 Å². The Morgan fingerprint density at radius 3 is 2.58 bits per heavy atom. The van der Waals surface area contributed by atoms with E-state index in [9.17, 15) is 23.9 Å². The van der Waals surface area contributed by atoms with Gasteiger partial charge in [-0.15, -0.1) is 0 Å². The SMILES string of the molecule is CC(=O)Nc1ccc(C(Cc2ccccc2F)c2nc3c([nH]2)c(=O)[nH]c(=O)n3CC2CC2CO)cc1. The number of carbonyl (C=O) groups excluding carboxylic acids is 1. The lowest BCUT2D eigenvalue weighted by Crippen LogP contribution is -2.31. The molecule has 0 spiro atoms. The van der Waals surface area contributed by atoms with Crippen LogP contribution in [0.5, 0.6) is 0 Å². The van der Waals surface area contributed by atoms with Gasteiger partial charge in [0.2, 0.25) is 5.91 Å². The van der Waals surface area contributed by atoms with Gasteiger partial charge in [0.05, 0.1) is 0 Å². The molecule has 1 amide bonds. The highest BCUT2D eigenvalue weighted by molar-refractivity contribution is 5.88. The minimum atomic E-state index is -0.579. The summed E-state index contributed by atoms with van der Waals surface area (Å²) in [7, 11) is 0. The number of rotatable bonds is 8. The summed E-state index contributed by atoms with van der Waals surface area (Å²) < 4.78 is 16.0. The van der Waals surface area contributed by atoms with Crippen LogP contribution in [0.15, 0.2) is 58.1 Å². The third-order valence-corrected chi connectivity index (χ3v) is 6.72. The normalized spacial score (nSPS) is 17.8. The van der Waals surface area contributed by atoms with Gasteiger partial charge < -0.3 is 15.4 Å². The van der Waals surface area contributed by atoms with E-state index in [2.05, 4.69) is 20.3 Å². The van der Waals surface area contributed by atoms with Crippen molar-refractivity contribution >= 4 is 22.8 Å². The van der Waals surface area contributed by atoms with Gasteiger partial charge in [0.15, 0.2) is 5.65 Å². The average Bonchev–Trinajstić information content (AvgIpc) is 3.46. The molecular weight excluding hydrogens is 465 g/mol. The molecule has 4 aromatic rings. The highest BCUT2D eigenvalue weighted by atomic mass is 19.1. The molecule has 2 aromatic heterocycles. The maximum Gasteiger partial charge on any atom is 0.330 e. The van der Waals surface area contributed by atoms with Crippen molar-refractivity contribution in [3.63, 3.8) is 0 Å². The zero-order chi connectivity index (χ0) is 25.4. The van der Waals surface area contributed by atoms with Gasteiger partial charge in [-0.1, -0.05) is 30.3 Å². The number of aromatic amines is 2. The number of carbonyl (C=O) groups is 1. The molecule has 0 saturated heterocycles. The minimum Gasteiger partial charge on any atom is -0.396 e. The molecule has 3 unspecified atom stereocenters. The van der Waals surface area contributed by atoms with E-state index in [0.717, 1.165) is 12.0 Å². The Morgan fingerprint density at radius 1 is 1.17 bits per heavy atom. The first-order valence-electron chi connectivity index (χ1n) is 11.8. The van der Waals surface area contributed by atoms with E-state index < -0.39 is 17.2 Å². The van der Waals surface area contributed by atoms with Gasteiger partial charge >= 0.3 is 5.69 Å². The van der Waals surface area contributed by atoms with Gasteiger partial charge in [-0.05, 0) is 54.0 Å². The maximum absolute atomic E-state index is 14.6. The molecule has 9 nitrogen and oxygen atoms in total. The predicted molar refractivity (Wildman–Crippen MR) is 132 cm³/mol. The van der Waals surface area contributed by atoms with E-state index in [1.807, 2.05) is 12.1 Å². The average molecular weight is 492 g/mol. The van der Waals surface area contributed by atoms with E-state index in [1.54, 1.807) is 30.3 Å². The number of imidazole rings is 1. The number of anilines is 1. The van der Waals surface area contributed by atoms with E-state index in [0.29, 0.717) is 23.6 Å². The van der Waals surface area contributed by atoms with Crippen LogP contribution in [0, 0.1) is 17.7 Å². The van der Waals surface area contributed by atoms with Crippen LogP contribution >= 0.6 is 0 Å². The fourth-order valence-electron chi connectivity index (χ4n) is 4.64. The molecule has 1 aliphatic carbocycles. The number of aromatic nitrogens is 4. The van der Waals surface area contributed by atoms with E-state index >= 15 is 0 Å². The summed E-state index contributed by atoms with van der Waals surface area (Å²) in [5.41, 5.74) is 1.15. The summed E-state index contributed by atoms with van der Waals surface area (Å²) in [5.74, 6) is -0.327. The van der Waals surface area contributed by atoms with E-state index in [1.165, 1.54) is 17.6 Å². The number of aliphatic hydroxyl groups is 1. The van der Waals surface area contributed by atoms with Crippen LogP contribution in [0.2, 0.25) is 0 Å². The molecule has 5 rings (SSSR count). The quantitative estimate of drug-likeness (QED) is 0.301. The van der Waals surface area contributed by atoms with Crippen molar-refractivity contribution in [1.82, 2.24) is 19.5 Å². The Bertz CT molecular complexity index is 1540. The van der Waals surface area contributed by atoms with Crippen molar-refractivity contribution in [3.05, 3.63) is 92.1 Å². The molecule has 4 N–H and O–H groups in total. The molecule has 1 aliphatic rings. The fourth-order valence-corrected chi connectivity index (χ4v) is 4.64. The number of benzene rings is 2. The Hall–Kier alpha value is -4.05. The Morgan fingerprint density at radius 2 is 1.92 bits per heavy atom. The molecule has 2 heterocycles. The lowest BCUT2D eigenvalue weighted by atomic mass is 9.91. The van der Waals surface area contributed by atoms with Crippen molar-refractivity contribution in [1.29, 1.82) is 0 Å². The fraction of sp³-hybridized carbons (Fsp3) is 0.308. The minimum absolute atomic E-state index is 0.0525. The lowest BCUT2D eigenvalue weighted by molar-refractivity contribution is -0.114. The second-order valence-electron chi connectivity index (χ2n) is 9.28. The molecule has 2 aromatic carbocycles.